The van der Waals surface area contributed by atoms with Gasteiger partial charge < -0.3 is 19.0 Å². The van der Waals surface area contributed by atoms with Gasteiger partial charge >= 0.3 is 24.4 Å². The first kappa shape index (κ1) is 26.9. The summed E-state index contributed by atoms with van der Waals surface area (Å²) in [6, 6.07) is 13.1. The highest BCUT2D eigenvalue weighted by molar-refractivity contribution is 5.76. The van der Waals surface area contributed by atoms with Crippen molar-refractivity contribution in [2.45, 2.75) is 63.0 Å². The second-order valence-electron chi connectivity index (χ2n) is 10.5. The lowest BCUT2D eigenvalue weighted by Crippen LogP contribution is -2.49. The number of halogens is 3. The van der Waals surface area contributed by atoms with Gasteiger partial charge in [-0.1, -0.05) is 41.9 Å². The minimum absolute atomic E-state index is 0.00919. The quantitative estimate of drug-likeness (QED) is 0.368. The molecule has 6 rings (SSSR count). The summed E-state index contributed by atoms with van der Waals surface area (Å²) in [7, 11) is 0. The molecular weight excluding hydrogens is 545 g/mol. The normalized spacial score (nSPS) is 21.6. The molecule has 2 fully saturated rings. The van der Waals surface area contributed by atoms with Gasteiger partial charge in [0, 0.05) is 18.0 Å². The SMILES string of the molecule is O=C(O)COC(=O)N(C1CC1)[C@H]1c2ccccc2N(c2nnc(Cc3ccc(OC(F)(F)F)cc3)o2)[C@H]2CCC[C@H]21. The number of carboxylic acid groups (broad SMARTS) is 1. The van der Waals surface area contributed by atoms with Crippen molar-refractivity contribution in [3.05, 3.63) is 65.5 Å². The van der Waals surface area contributed by atoms with Crippen molar-refractivity contribution in [3.8, 4) is 5.75 Å². The molecule has 2 aliphatic carbocycles. The number of ether oxygens (including phenoxy) is 2. The van der Waals surface area contributed by atoms with Crippen LogP contribution in [0.1, 0.15) is 55.2 Å². The number of aliphatic carboxylic acids is 1. The van der Waals surface area contributed by atoms with Crippen molar-refractivity contribution in [1.29, 1.82) is 0 Å². The monoisotopic (exact) mass is 572 g/mol. The average Bonchev–Trinajstić information content (AvgIpc) is 3.45. The number of anilines is 2. The topological polar surface area (TPSA) is 118 Å². The fourth-order valence-electron chi connectivity index (χ4n) is 6.06. The molecule has 2 saturated carbocycles. The molecule has 1 amide bonds. The molecule has 3 aliphatic rings. The van der Waals surface area contributed by atoms with Crippen LogP contribution in [0.25, 0.3) is 0 Å². The van der Waals surface area contributed by atoms with Crippen molar-refractivity contribution in [3.63, 3.8) is 0 Å². The molecule has 3 aromatic rings. The zero-order valence-corrected chi connectivity index (χ0v) is 21.8. The van der Waals surface area contributed by atoms with Crippen LogP contribution in [0.3, 0.4) is 0 Å². The van der Waals surface area contributed by atoms with Gasteiger partial charge in [0.1, 0.15) is 5.75 Å². The predicted octanol–water partition coefficient (Wildman–Crippen LogP) is 5.61. The number of amides is 1. The summed E-state index contributed by atoms with van der Waals surface area (Å²) < 4.78 is 52.6. The Morgan fingerprint density at radius 2 is 1.80 bits per heavy atom. The maximum atomic E-state index is 13.2. The maximum absolute atomic E-state index is 13.2. The molecule has 1 N–H and O–H groups in total. The lowest BCUT2D eigenvalue weighted by Gasteiger charge is -2.46. The van der Waals surface area contributed by atoms with E-state index in [4.69, 9.17) is 14.3 Å². The number of nitrogens with zero attached hydrogens (tertiary/aromatic N) is 4. The van der Waals surface area contributed by atoms with E-state index < -0.39 is 25.0 Å². The number of carbonyl (C=O) groups excluding carboxylic acids is 1. The fraction of sp³-hybridized carbons (Fsp3) is 0.429. The molecule has 2 aromatic carbocycles. The fourth-order valence-corrected chi connectivity index (χ4v) is 6.06. The lowest BCUT2D eigenvalue weighted by molar-refractivity contribution is -0.274. The minimum Gasteiger partial charge on any atom is -0.479 e. The number of hydrogen-bond acceptors (Lipinski definition) is 8. The standard InChI is InChI=1S/C28H27F3N4O6/c29-28(30,31)41-18-12-8-16(9-13-18)14-23-32-33-26(40-23)35-21-6-2-1-4-19(21)25(20-5-3-7-22(20)35)34(17-10-11-17)27(38)39-15-24(36)37/h1-2,4,6,8-9,12-13,17,20,22,25H,3,5,7,10-11,14-15H2,(H,36,37)/t20-,22+,25+/m1/s1. The summed E-state index contributed by atoms with van der Waals surface area (Å²) in [6.07, 6.45) is -0.904. The highest BCUT2D eigenvalue weighted by Gasteiger charge is 2.52. The number of hydrogen-bond donors (Lipinski definition) is 1. The summed E-state index contributed by atoms with van der Waals surface area (Å²) in [5.41, 5.74) is 2.39. The smallest absolute Gasteiger partial charge is 0.479 e. The van der Waals surface area contributed by atoms with Crippen LogP contribution >= 0.6 is 0 Å². The summed E-state index contributed by atoms with van der Waals surface area (Å²) in [5, 5.41) is 17.6. The van der Waals surface area contributed by atoms with E-state index in [-0.39, 0.29) is 36.2 Å². The number of carbonyl (C=O) groups is 2. The maximum Gasteiger partial charge on any atom is 0.573 e. The number of para-hydroxylation sites is 1. The molecule has 13 heteroatoms. The minimum atomic E-state index is -4.76. The van der Waals surface area contributed by atoms with Crippen LogP contribution in [-0.4, -0.2) is 57.3 Å². The number of benzene rings is 2. The highest BCUT2D eigenvalue weighted by Crippen LogP contribution is 2.54. The lowest BCUT2D eigenvalue weighted by atomic mass is 9.82. The molecule has 0 spiro atoms. The molecule has 2 heterocycles. The van der Waals surface area contributed by atoms with Crippen LogP contribution in [0, 0.1) is 5.92 Å². The average molecular weight is 573 g/mol. The van der Waals surface area contributed by atoms with E-state index in [1.54, 1.807) is 4.90 Å². The molecule has 0 bridgehead atoms. The van der Waals surface area contributed by atoms with Crippen LogP contribution in [0.15, 0.2) is 52.9 Å². The van der Waals surface area contributed by atoms with Crippen LogP contribution < -0.4 is 9.64 Å². The summed E-state index contributed by atoms with van der Waals surface area (Å²) in [6.45, 7) is -0.695. The van der Waals surface area contributed by atoms with Gasteiger partial charge in [-0.05, 0) is 55.0 Å². The van der Waals surface area contributed by atoms with Crippen LogP contribution in [0.4, 0.5) is 29.7 Å². The Labute approximate surface area is 232 Å². The molecule has 1 aliphatic heterocycles. The van der Waals surface area contributed by atoms with Gasteiger partial charge in [0.05, 0.1) is 18.2 Å². The molecule has 10 nitrogen and oxygen atoms in total. The largest absolute Gasteiger partial charge is 0.573 e. The molecular formula is C28H27F3N4O6. The third-order valence-electron chi connectivity index (χ3n) is 7.73. The van der Waals surface area contributed by atoms with Gasteiger partial charge in [-0.3, -0.25) is 9.80 Å². The number of carboxylic acids is 1. The van der Waals surface area contributed by atoms with Crippen molar-refractivity contribution in [2.75, 3.05) is 11.5 Å². The Balaban J connectivity index is 1.28. The zero-order valence-electron chi connectivity index (χ0n) is 21.8. The molecule has 0 unspecified atom stereocenters. The van der Waals surface area contributed by atoms with E-state index in [0.717, 1.165) is 43.4 Å². The molecule has 0 saturated heterocycles. The Morgan fingerprint density at radius 3 is 2.51 bits per heavy atom. The zero-order chi connectivity index (χ0) is 28.7. The van der Waals surface area contributed by atoms with Gasteiger partial charge in [-0.15, -0.1) is 18.3 Å². The van der Waals surface area contributed by atoms with E-state index in [2.05, 4.69) is 14.9 Å². The highest BCUT2D eigenvalue weighted by atomic mass is 19.4. The number of fused-ring (bicyclic) bond motifs is 2. The number of aromatic nitrogens is 2. The van der Waals surface area contributed by atoms with E-state index >= 15 is 0 Å². The van der Waals surface area contributed by atoms with Crippen molar-refractivity contribution < 1.29 is 41.8 Å². The first-order valence-electron chi connectivity index (χ1n) is 13.4. The van der Waals surface area contributed by atoms with Gasteiger partial charge in [-0.25, -0.2) is 9.59 Å². The van der Waals surface area contributed by atoms with E-state index in [1.165, 1.54) is 24.3 Å². The Morgan fingerprint density at radius 1 is 1.05 bits per heavy atom. The molecule has 0 radical (unpaired) electrons. The third kappa shape index (κ3) is 5.66. The first-order chi connectivity index (χ1) is 19.7. The van der Waals surface area contributed by atoms with Gasteiger partial charge in [0.2, 0.25) is 5.89 Å². The molecule has 216 valence electrons. The summed E-state index contributed by atoms with van der Waals surface area (Å²) in [4.78, 5) is 28.0. The van der Waals surface area contributed by atoms with Crippen molar-refractivity contribution in [1.82, 2.24) is 15.1 Å². The van der Waals surface area contributed by atoms with Crippen molar-refractivity contribution >= 4 is 23.8 Å². The van der Waals surface area contributed by atoms with Crippen LogP contribution in [-0.2, 0) is 16.0 Å². The Kier molecular flexibility index (Phi) is 6.96. The first-order valence-corrected chi connectivity index (χ1v) is 13.4. The van der Waals surface area contributed by atoms with Gasteiger partial charge in [-0.2, -0.15) is 0 Å². The summed E-state index contributed by atoms with van der Waals surface area (Å²) in [5.74, 6) is -1.19. The third-order valence-corrected chi connectivity index (χ3v) is 7.73. The van der Waals surface area contributed by atoms with Crippen molar-refractivity contribution in [2.24, 2.45) is 5.92 Å². The van der Waals surface area contributed by atoms with Gasteiger partial charge in [0.25, 0.3) is 0 Å². The molecule has 1 aromatic heterocycles. The Bertz CT molecular complexity index is 1420. The van der Waals surface area contributed by atoms with Crippen LogP contribution in [0.2, 0.25) is 0 Å². The summed E-state index contributed by atoms with van der Waals surface area (Å²) >= 11 is 0. The van der Waals surface area contributed by atoms with E-state index in [1.807, 2.05) is 29.2 Å². The number of rotatable bonds is 8. The van der Waals surface area contributed by atoms with E-state index in [9.17, 15) is 22.8 Å². The second kappa shape index (κ2) is 10.6. The molecule has 41 heavy (non-hydrogen) atoms. The Hall–Kier alpha value is -4.29. The number of alkyl halides is 3. The van der Waals surface area contributed by atoms with Crippen LogP contribution in [0.5, 0.6) is 5.75 Å². The second-order valence-corrected chi connectivity index (χ2v) is 10.5. The predicted molar refractivity (Wildman–Crippen MR) is 137 cm³/mol. The van der Waals surface area contributed by atoms with E-state index in [0.29, 0.717) is 17.5 Å². The molecule has 3 atom stereocenters. The van der Waals surface area contributed by atoms with Gasteiger partial charge in [0.15, 0.2) is 6.61 Å².